The fourth-order valence-corrected chi connectivity index (χ4v) is 10.8. The number of rotatable bonds is 7. The number of hydrogen-bond donors (Lipinski definition) is 0. The minimum Gasteiger partial charge on any atom is -0.257 e. The van der Waals surface area contributed by atoms with E-state index in [0.717, 1.165) is 6.42 Å². The van der Waals surface area contributed by atoms with Gasteiger partial charge in [0.2, 0.25) is 0 Å². The number of allylic oxidation sites excluding steroid dienone is 16. The van der Waals surface area contributed by atoms with Gasteiger partial charge in [-0.15, -0.1) is 0 Å². The zero-order chi connectivity index (χ0) is 37.3. The van der Waals surface area contributed by atoms with Crippen LogP contribution in [0.3, 0.4) is 0 Å². The summed E-state index contributed by atoms with van der Waals surface area (Å²) in [4.78, 5) is 5.67. The summed E-state index contributed by atoms with van der Waals surface area (Å²) >= 11 is 0. The molecule has 0 bridgehead atoms. The first-order chi connectivity index (χ1) is 27.0. The highest BCUT2D eigenvalue weighted by atomic mass is 14.8. The van der Waals surface area contributed by atoms with E-state index >= 15 is 0 Å². The third-order valence-electron chi connectivity index (χ3n) is 13.8. The quantitative estimate of drug-likeness (QED) is 0.231. The minimum absolute atomic E-state index is 0.151. The van der Waals surface area contributed by atoms with Gasteiger partial charge < -0.3 is 0 Å². The fraction of sp³-hybridized carbons (Fsp3) is 0.352. The number of hydrogen-bond acceptors (Lipinski definition) is 1. The minimum atomic E-state index is 0.151. The molecule has 4 atom stereocenters. The van der Waals surface area contributed by atoms with Crippen LogP contribution in [0.5, 0.6) is 0 Å². The SMILES string of the molecule is C=C1CC=CC(c2ccc(C3C=C(C4CCC(C5=CCCC=C5)CC4C)N=C(C4CCC(C5=CCCC=C5)CC4)C3=C)cc2)=C1c1ccc2ccccc2c1. The average Bonchev–Trinajstić information content (AvgIpc) is 3.24. The van der Waals surface area contributed by atoms with Crippen molar-refractivity contribution in [2.75, 3.05) is 0 Å². The Bertz CT molecular complexity index is 2230. The molecule has 0 amide bonds. The lowest BCUT2D eigenvalue weighted by Crippen LogP contribution is -2.30. The fourth-order valence-electron chi connectivity index (χ4n) is 10.8. The molecule has 1 heteroatoms. The van der Waals surface area contributed by atoms with Gasteiger partial charge in [0.05, 0.1) is 0 Å². The van der Waals surface area contributed by atoms with Crippen LogP contribution in [0.4, 0.5) is 0 Å². The van der Waals surface area contributed by atoms with Crippen LogP contribution in [0.1, 0.15) is 107 Å². The second-order valence-corrected chi connectivity index (χ2v) is 17.3. The van der Waals surface area contributed by atoms with Crippen molar-refractivity contribution >= 4 is 27.6 Å². The van der Waals surface area contributed by atoms with Crippen molar-refractivity contribution in [1.82, 2.24) is 0 Å². The largest absolute Gasteiger partial charge is 0.257 e. The Kier molecular flexibility index (Phi) is 10.3. The van der Waals surface area contributed by atoms with E-state index in [1.54, 1.807) is 11.1 Å². The van der Waals surface area contributed by atoms with Gasteiger partial charge in [0.1, 0.15) is 0 Å². The molecule has 2 saturated carbocycles. The van der Waals surface area contributed by atoms with Crippen molar-refractivity contribution in [3.63, 3.8) is 0 Å². The van der Waals surface area contributed by atoms with Gasteiger partial charge >= 0.3 is 0 Å². The summed E-state index contributed by atoms with van der Waals surface area (Å²) in [5.74, 6) is 3.12. The lowest BCUT2D eigenvalue weighted by Gasteiger charge is -2.39. The first-order valence-corrected chi connectivity index (χ1v) is 21.4. The Labute approximate surface area is 330 Å². The predicted molar refractivity (Wildman–Crippen MR) is 236 cm³/mol. The van der Waals surface area contributed by atoms with Crippen molar-refractivity contribution in [3.05, 3.63) is 179 Å². The van der Waals surface area contributed by atoms with E-state index < -0.39 is 0 Å². The number of aliphatic imine (C=N–C) groups is 1. The topological polar surface area (TPSA) is 12.4 Å². The monoisotopic (exact) mass is 719 g/mol. The molecule has 0 N–H and O–H groups in total. The second-order valence-electron chi connectivity index (χ2n) is 17.3. The molecule has 0 aromatic heterocycles. The average molecular weight is 720 g/mol. The highest BCUT2D eigenvalue weighted by Gasteiger charge is 2.37. The highest BCUT2D eigenvalue weighted by molar-refractivity contribution is 6.06. The molecule has 1 nitrogen and oxygen atoms in total. The van der Waals surface area contributed by atoms with Gasteiger partial charge in [0, 0.05) is 29.2 Å². The van der Waals surface area contributed by atoms with Crippen molar-refractivity contribution in [3.8, 4) is 0 Å². The molecule has 0 saturated heterocycles. The zero-order valence-electron chi connectivity index (χ0n) is 32.9. The van der Waals surface area contributed by atoms with Crippen molar-refractivity contribution in [2.45, 2.75) is 89.9 Å². The third kappa shape index (κ3) is 7.36. The molecule has 9 rings (SSSR count). The summed E-state index contributed by atoms with van der Waals surface area (Å²) in [6.07, 6.45) is 36.0. The summed E-state index contributed by atoms with van der Waals surface area (Å²) in [5.41, 5.74) is 14.5. The molecule has 278 valence electrons. The van der Waals surface area contributed by atoms with Crippen LogP contribution in [0.2, 0.25) is 0 Å². The standard InChI is InChI=1S/C54H57N/c1-36-13-12-20-50(53(36)48-30-23-41-18-10-11-19-46(41)34-48)43-24-26-44(27-25-43)51-35-52(49-32-31-47(33-37(49)2)40-16-8-5-9-17-40)55-54(38(51)3)45-28-21-42(22-29-45)39-14-6-4-7-15-39/h6,8,10-12,14-20,23-27,30,34-35,37,42,45,47,49,51H,1,3-5,7,9,13,21-22,28-29,31-33H2,2H3. The van der Waals surface area contributed by atoms with E-state index in [1.165, 1.54) is 132 Å². The number of nitrogens with zero attached hydrogens (tertiary/aromatic N) is 1. The molecular weight excluding hydrogens is 663 g/mol. The number of fused-ring (bicyclic) bond motifs is 1. The molecule has 4 unspecified atom stereocenters. The maximum atomic E-state index is 5.67. The smallest absolute Gasteiger partial charge is 0.0473 e. The van der Waals surface area contributed by atoms with Crippen LogP contribution in [0.25, 0.3) is 21.9 Å². The zero-order valence-corrected chi connectivity index (χ0v) is 32.9. The molecule has 2 fully saturated rings. The van der Waals surface area contributed by atoms with Crippen LogP contribution in [0.15, 0.2) is 168 Å². The van der Waals surface area contributed by atoms with Gasteiger partial charge in [-0.3, -0.25) is 4.99 Å². The van der Waals surface area contributed by atoms with E-state index in [4.69, 9.17) is 11.6 Å². The predicted octanol–water partition coefficient (Wildman–Crippen LogP) is 14.7. The Balaban J connectivity index is 1.02. The summed E-state index contributed by atoms with van der Waals surface area (Å²) in [5, 5.41) is 2.54. The van der Waals surface area contributed by atoms with Crippen LogP contribution < -0.4 is 0 Å². The molecule has 55 heavy (non-hydrogen) atoms. The van der Waals surface area contributed by atoms with Crippen LogP contribution >= 0.6 is 0 Å². The lowest BCUT2D eigenvalue weighted by atomic mass is 9.68. The number of benzene rings is 3. The van der Waals surface area contributed by atoms with Crippen LogP contribution in [0, 0.1) is 29.6 Å². The molecule has 3 aromatic rings. The first-order valence-electron chi connectivity index (χ1n) is 21.4. The maximum absolute atomic E-state index is 5.67. The Morgan fingerprint density at radius 2 is 1.31 bits per heavy atom. The molecule has 1 heterocycles. The molecule has 3 aromatic carbocycles. The molecule has 0 radical (unpaired) electrons. The molecule has 5 aliphatic carbocycles. The summed E-state index contributed by atoms with van der Waals surface area (Å²) in [6, 6.07) is 24.9. The Morgan fingerprint density at radius 3 is 2.02 bits per heavy atom. The Hall–Kier alpha value is -4.75. The second kappa shape index (κ2) is 15.8. The van der Waals surface area contributed by atoms with Gasteiger partial charge in [-0.1, -0.05) is 135 Å². The highest BCUT2D eigenvalue weighted by Crippen LogP contribution is 2.47. The van der Waals surface area contributed by atoms with Gasteiger partial charge in [0.15, 0.2) is 0 Å². The van der Waals surface area contributed by atoms with Gasteiger partial charge in [-0.25, -0.2) is 0 Å². The summed E-state index contributed by atoms with van der Waals surface area (Å²) in [7, 11) is 0. The van der Waals surface area contributed by atoms with Crippen LogP contribution in [-0.4, -0.2) is 5.71 Å². The van der Waals surface area contributed by atoms with Gasteiger partial charge in [-0.2, -0.15) is 0 Å². The molecular formula is C54H57N. The summed E-state index contributed by atoms with van der Waals surface area (Å²) in [6.45, 7) is 11.9. The van der Waals surface area contributed by atoms with Gasteiger partial charge in [-0.05, 0) is 162 Å². The maximum Gasteiger partial charge on any atom is 0.0473 e. The van der Waals surface area contributed by atoms with E-state index in [9.17, 15) is 0 Å². The Morgan fingerprint density at radius 1 is 0.636 bits per heavy atom. The molecule has 0 spiro atoms. The van der Waals surface area contributed by atoms with E-state index in [-0.39, 0.29) is 5.92 Å². The molecule has 1 aliphatic heterocycles. The summed E-state index contributed by atoms with van der Waals surface area (Å²) < 4.78 is 0. The van der Waals surface area contributed by atoms with E-state index in [0.29, 0.717) is 29.6 Å². The van der Waals surface area contributed by atoms with Crippen molar-refractivity contribution < 1.29 is 0 Å². The van der Waals surface area contributed by atoms with Crippen LogP contribution in [-0.2, 0) is 0 Å². The lowest BCUT2D eigenvalue weighted by molar-refractivity contribution is 0.242. The van der Waals surface area contributed by atoms with Crippen molar-refractivity contribution in [2.24, 2.45) is 34.6 Å². The first kappa shape index (κ1) is 35.9. The van der Waals surface area contributed by atoms with Crippen molar-refractivity contribution in [1.29, 1.82) is 0 Å². The van der Waals surface area contributed by atoms with Gasteiger partial charge in [0.25, 0.3) is 0 Å². The van der Waals surface area contributed by atoms with E-state index in [1.807, 2.05) is 0 Å². The normalized spacial score (nSPS) is 28.5. The molecule has 6 aliphatic rings. The third-order valence-corrected chi connectivity index (χ3v) is 13.8. The van der Waals surface area contributed by atoms with E-state index in [2.05, 4.69) is 135 Å².